The molecule has 7 heteroatoms. The van der Waals surface area contributed by atoms with E-state index in [1.54, 1.807) is 18.2 Å². The van der Waals surface area contributed by atoms with Gasteiger partial charge in [-0.2, -0.15) is 0 Å². The number of rotatable bonds is 8. The SMILES string of the molecule is CCC(C)NC(=O)c1cnc(NCCc2ccc(Cl)cc2)nc1-c1ccccc1F.[HH]. The van der Waals surface area contributed by atoms with Crippen molar-refractivity contribution in [3.63, 3.8) is 0 Å². The summed E-state index contributed by atoms with van der Waals surface area (Å²) in [7, 11) is 0. The molecule has 3 rings (SSSR count). The van der Waals surface area contributed by atoms with E-state index in [0.29, 0.717) is 17.5 Å². The fraction of sp³-hybridized carbons (Fsp3) is 0.261. The molecule has 30 heavy (non-hydrogen) atoms. The monoisotopic (exact) mass is 428 g/mol. The van der Waals surface area contributed by atoms with Gasteiger partial charge < -0.3 is 10.6 Å². The van der Waals surface area contributed by atoms with Crippen LogP contribution in [-0.2, 0) is 6.42 Å². The molecule has 0 bridgehead atoms. The zero-order chi connectivity index (χ0) is 21.5. The lowest BCUT2D eigenvalue weighted by Gasteiger charge is -2.15. The Morgan fingerprint density at radius 3 is 2.63 bits per heavy atom. The maximum absolute atomic E-state index is 14.5. The number of anilines is 1. The van der Waals surface area contributed by atoms with E-state index in [2.05, 4.69) is 20.6 Å². The molecule has 158 valence electrons. The van der Waals surface area contributed by atoms with Crippen molar-refractivity contribution >= 4 is 23.5 Å². The minimum atomic E-state index is -0.444. The van der Waals surface area contributed by atoms with Gasteiger partial charge in [0.15, 0.2) is 0 Å². The second-order valence-corrected chi connectivity index (χ2v) is 7.46. The normalized spacial score (nSPS) is 11.7. The van der Waals surface area contributed by atoms with Gasteiger partial charge in [0.25, 0.3) is 5.91 Å². The lowest BCUT2D eigenvalue weighted by atomic mass is 10.1. The smallest absolute Gasteiger partial charge is 0.255 e. The average Bonchev–Trinajstić information content (AvgIpc) is 2.75. The first-order chi connectivity index (χ1) is 14.5. The minimum Gasteiger partial charge on any atom is -0.354 e. The van der Waals surface area contributed by atoms with Crippen molar-refractivity contribution in [1.29, 1.82) is 0 Å². The first-order valence-electron chi connectivity index (χ1n) is 9.89. The maximum atomic E-state index is 14.5. The molecule has 1 aromatic heterocycles. The van der Waals surface area contributed by atoms with Crippen LogP contribution in [0, 0.1) is 5.82 Å². The van der Waals surface area contributed by atoms with Gasteiger partial charge in [-0.3, -0.25) is 4.79 Å². The Hall–Kier alpha value is -2.99. The largest absolute Gasteiger partial charge is 0.354 e. The minimum absolute atomic E-state index is 0. The van der Waals surface area contributed by atoms with E-state index in [0.717, 1.165) is 18.4 Å². The van der Waals surface area contributed by atoms with Gasteiger partial charge in [0.2, 0.25) is 5.95 Å². The molecule has 0 saturated carbocycles. The van der Waals surface area contributed by atoms with Crippen LogP contribution in [-0.4, -0.2) is 28.5 Å². The summed E-state index contributed by atoms with van der Waals surface area (Å²) in [6.45, 7) is 4.47. The number of nitrogens with zero attached hydrogens (tertiary/aromatic N) is 2. The third-order valence-electron chi connectivity index (χ3n) is 4.76. The van der Waals surface area contributed by atoms with Crippen LogP contribution in [0.4, 0.5) is 10.3 Å². The van der Waals surface area contributed by atoms with E-state index in [9.17, 15) is 9.18 Å². The Morgan fingerprint density at radius 1 is 1.20 bits per heavy atom. The van der Waals surface area contributed by atoms with Gasteiger partial charge >= 0.3 is 0 Å². The highest BCUT2D eigenvalue weighted by Gasteiger charge is 2.19. The lowest BCUT2D eigenvalue weighted by molar-refractivity contribution is 0.0939. The van der Waals surface area contributed by atoms with Gasteiger partial charge in [-0.25, -0.2) is 14.4 Å². The van der Waals surface area contributed by atoms with Gasteiger partial charge in [0, 0.05) is 30.8 Å². The highest BCUT2D eigenvalue weighted by molar-refractivity contribution is 6.30. The molecule has 3 aromatic rings. The molecule has 0 saturated heterocycles. The number of carbonyl (C=O) groups is 1. The molecule has 1 heterocycles. The maximum Gasteiger partial charge on any atom is 0.255 e. The summed E-state index contributed by atoms with van der Waals surface area (Å²) in [6.07, 6.45) is 2.97. The summed E-state index contributed by atoms with van der Waals surface area (Å²) < 4.78 is 14.5. The predicted molar refractivity (Wildman–Crippen MR) is 120 cm³/mol. The molecular weight excluding hydrogens is 403 g/mol. The highest BCUT2D eigenvalue weighted by atomic mass is 35.5. The van der Waals surface area contributed by atoms with Crippen molar-refractivity contribution in [2.24, 2.45) is 0 Å². The van der Waals surface area contributed by atoms with Crippen LogP contribution in [0.15, 0.2) is 54.7 Å². The Bertz CT molecular complexity index is 1020. The van der Waals surface area contributed by atoms with E-state index < -0.39 is 5.82 Å². The van der Waals surface area contributed by atoms with Gasteiger partial charge in [0.1, 0.15) is 5.82 Å². The molecule has 1 atom stereocenters. The van der Waals surface area contributed by atoms with Crippen LogP contribution in [0.2, 0.25) is 5.02 Å². The number of carbonyl (C=O) groups excluding carboxylic acids is 1. The molecular formula is C23H26ClFN4O. The quantitative estimate of drug-likeness (QED) is 0.506. The summed E-state index contributed by atoms with van der Waals surface area (Å²) in [5, 5.41) is 6.73. The number of benzene rings is 2. The number of aromatic nitrogens is 2. The molecule has 5 nitrogen and oxygen atoms in total. The predicted octanol–water partition coefficient (Wildman–Crippen LogP) is 5.37. The van der Waals surface area contributed by atoms with E-state index in [1.807, 2.05) is 38.1 Å². The fourth-order valence-electron chi connectivity index (χ4n) is 2.87. The Morgan fingerprint density at radius 2 is 1.93 bits per heavy atom. The zero-order valence-electron chi connectivity index (χ0n) is 17.0. The van der Waals surface area contributed by atoms with E-state index in [-0.39, 0.29) is 30.2 Å². The molecule has 0 aliphatic carbocycles. The summed E-state index contributed by atoms with van der Waals surface area (Å²) in [5.41, 5.74) is 1.88. The topological polar surface area (TPSA) is 66.9 Å². The van der Waals surface area contributed by atoms with Gasteiger partial charge in [-0.05, 0) is 49.6 Å². The Balaban J connectivity index is 0.00000341. The van der Waals surface area contributed by atoms with Crippen LogP contribution in [0.25, 0.3) is 11.3 Å². The van der Waals surface area contributed by atoms with Crippen LogP contribution < -0.4 is 10.6 Å². The summed E-state index contributed by atoms with van der Waals surface area (Å²) in [4.78, 5) is 21.4. The van der Waals surface area contributed by atoms with E-state index >= 15 is 0 Å². The number of amides is 1. The van der Waals surface area contributed by atoms with Crippen molar-refractivity contribution in [3.8, 4) is 11.3 Å². The number of halogens is 2. The zero-order valence-corrected chi connectivity index (χ0v) is 17.7. The van der Waals surface area contributed by atoms with Crippen molar-refractivity contribution in [2.45, 2.75) is 32.7 Å². The molecule has 0 spiro atoms. The first kappa shape index (κ1) is 21.7. The lowest BCUT2D eigenvalue weighted by Crippen LogP contribution is -2.32. The third kappa shape index (κ3) is 5.54. The van der Waals surface area contributed by atoms with Crippen LogP contribution in [0.5, 0.6) is 0 Å². The van der Waals surface area contributed by atoms with Crippen molar-refractivity contribution in [1.82, 2.24) is 15.3 Å². The van der Waals surface area contributed by atoms with Gasteiger partial charge in [-0.1, -0.05) is 42.8 Å². The molecule has 2 aromatic carbocycles. The fourth-order valence-corrected chi connectivity index (χ4v) is 2.99. The molecule has 0 aliphatic rings. The molecule has 0 fully saturated rings. The summed E-state index contributed by atoms with van der Waals surface area (Å²) >= 11 is 5.91. The van der Waals surface area contributed by atoms with Crippen LogP contribution in [0.1, 0.15) is 37.6 Å². The third-order valence-corrected chi connectivity index (χ3v) is 5.01. The van der Waals surface area contributed by atoms with Gasteiger partial charge in [0.05, 0.1) is 11.3 Å². The van der Waals surface area contributed by atoms with Crippen LogP contribution in [0.3, 0.4) is 0 Å². The molecule has 0 aliphatic heterocycles. The Kier molecular flexibility index (Phi) is 7.36. The first-order valence-corrected chi connectivity index (χ1v) is 10.3. The Labute approximate surface area is 182 Å². The van der Waals surface area contributed by atoms with Crippen molar-refractivity contribution < 1.29 is 10.6 Å². The van der Waals surface area contributed by atoms with Gasteiger partial charge in [-0.15, -0.1) is 0 Å². The summed E-state index contributed by atoms with van der Waals surface area (Å²) in [6, 6.07) is 13.9. The second-order valence-electron chi connectivity index (χ2n) is 7.02. The highest BCUT2D eigenvalue weighted by Crippen LogP contribution is 2.25. The molecule has 1 amide bonds. The van der Waals surface area contributed by atoms with Crippen molar-refractivity contribution in [3.05, 3.63) is 76.7 Å². The second kappa shape index (κ2) is 10.2. The number of nitrogens with one attached hydrogen (secondary N) is 2. The number of hydrogen-bond donors (Lipinski definition) is 2. The van der Waals surface area contributed by atoms with Crippen LogP contribution >= 0.6 is 11.6 Å². The summed E-state index contributed by atoms with van der Waals surface area (Å²) in [5.74, 6) is -0.432. The number of hydrogen-bond acceptors (Lipinski definition) is 4. The van der Waals surface area contributed by atoms with Crippen molar-refractivity contribution in [2.75, 3.05) is 11.9 Å². The standard InChI is InChI=1S/C23H24ClFN4O.H2/c1-3-15(2)28-22(30)19-14-27-23(26-13-12-16-8-10-17(24)11-9-16)29-21(19)18-6-4-5-7-20(18)25;/h4-11,14-15H,3,12-13H2,1-2H3,(H,28,30)(H,26,27,29);1H. The average molecular weight is 429 g/mol. The van der Waals surface area contributed by atoms with E-state index in [1.165, 1.54) is 12.3 Å². The van der Waals surface area contributed by atoms with E-state index in [4.69, 9.17) is 11.6 Å². The molecule has 0 radical (unpaired) electrons. The molecule has 2 N–H and O–H groups in total. The molecule has 1 unspecified atom stereocenters.